The first-order chi connectivity index (χ1) is 9.58. The van der Waals surface area contributed by atoms with Crippen LogP contribution < -0.4 is 5.32 Å². The van der Waals surface area contributed by atoms with Crippen LogP contribution in [0.5, 0.6) is 0 Å². The van der Waals surface area contributed by atoms with Crippen LogP contribution in [0.25, 0.3) is 0 Å². The van der Waals surface area contributed by atoms with E-state index in [9.17, 15) is 9.59 Å². The smallest absolute Gasteiger partial charge is 0.228 e. The van der Waals surface area contributed by atoms with Crippen molar-refractivity contribution in [3.8, 4) is 0 Å². The predicted octanol–water partition coefficient (Wildman–Crippen LogP) is 3.30. The Kier molecular flexibility index (Phi) is 4.31. The van der Waals surface area contributed by atoms with Crippen molar-refractivity contribution in [1.82, 2.24) is 0 Å². The third kappa shape index (κ3) is 3.54. The first kappa shape index (κ1) is 14.0. The van der Waals surface area contributed by atoms with Crippen molar-refractivity contribution in [2.75, 3.05) is 5.32 Å². The molecule has 3 heteroatoms. The van der Waals surface area contributed by atoms with Crippen LogP contribution in [0.4, 0.5) is 5.69 Å². The van der Waals surface area contributed by atoms with Crippen LogP contribution in [0, 0.1) is 13.8 Å². The van der Waals surface area contributed by atoms with Gasteiger partial charge in [0.15, 0.2) is 0 Å². The zero-order valence-electron chi connectivity index (χ0n) is 11.6. The van der Waals surface area contributed by atoms with Crippen LogP contribution in [0.3, 0.4) is 0 Å². The number of carbonyl (C=O) groups is 2. The summed E-state index contributed by atoms with van der Waals surface area (Å²) in [6, 6.07) is 12.8. The molecule has 2 rings (SSSR count). The number of nitrogens with one attached hydrogen (secondary N) is 1. The molecule has 1 amide bonds. The summed E-state index contributed by atoms with van der Waals surface area (Å²) >= 11 is 0. The summed E-state index contributed by atoms with van der Waals surface area (Å²) < 4.78 is 0. The van der Waals surface area contributed by atoms with Crippen LogP contribution in [0.2, 0.25) is 0 Å². The lowest BCUT2D eigenvalue weighted by molar-refractivity contribution is -0.115. The molecule has 0 fully saturated rings. The fourth-order valence-electron chi connectivity index (χ4n) is 1.95. The quantitative estimate of drug-likeness (QED) is 0.864. The van der Waals surface area contributed by atoms with Gasteiger partial charge in [-0.15, -0.1) is 0 Å². The van der Waals surface area contributed by atoms with Gasteiger partial charge in [-0.1, -0.05) is 18.2 Å². The minimum absolute atomic E-state index is 0.0629. The van der Waals surface area contributed by atoms with Crippen LogP contribution in [0.15, 0.2) is 42.5 Å². The third-order valence-electron chi connectivity index (χ3n) is 3.27. The summed E-state index contributed by atoms with van der Waals surface area (Å²) in [6.45, 7) is 4.09. The zero-order chi connectivity index (χ0) is 14.5. The molecule has 0 saturated carbocycles. The van der Waals surface area contributed by atoms with E-state index in [0.717, 1.165) is 11.8 Å². The number of carbonyl (C=O) groups excluding carboxylic acids is 2. The molecule has 0 bridgehead atoms. The van der Waals surface area contributed by atoms with Gasteiger partial charge in [0.1, 0.15) is 6.29 Å². The zero-order valence-corrected chi connectivity index (χ0v) is 11.6. The maximum atomic E-state index is 12.0. The topological polar surface area (TPSA) is 46.2 Å². The third-order valence-corrected chi connectivity index (χ3v) is 3.27. The Morgan fingerprint density at radius 1 is 1.05 bits per heavy atom. The fraction of sp³-hybridized carbons (Fsp3) is 0.176. The number of amides is 1. The molecule has 0 heterocycles. The number of aldehydes is 1. The molecule has 2 aromatic rings. The molecule has 3 nitrogen and oxygen atoms in total. The number of rotatable bonds is 4. The summed E-state index contributed by atoms with van der Waals surface area (Å²) in [5, 5.41) is 2.82. The molecule has 0 unspecified atom stereocenters. The number of hydrogen-bond acceptors (Lipinski definition) is 2. The number of aryl methyl sites for hydroxylation is 2. The number of hydrogen-bond donors (Lipinski definition) is 1. The Bertz CT molecular complexity index is 630. The van der Waals surface area contributed by atoms with E-state index >= 15 is 0 Å². The van der Waals surface area contributed by atoms with E-state index in [1.54, 1.807) is 24.3 Å². The second-order valence-corrected chi connectivity index (χ2v) is 4.88. The second kappa shape index (κ2) is 6.15. The Morgan fingerprint density at radius 2 is 1.75 bits per heavy atom. The summed E-state index contributed by atoms with van der Waals surface area (Å²) in [5.41, 5.74) is 4.70. The van der Waals surface area contributed by atoms with Crippen molar-refractivity contribution in [2.24, 2.45) is 0 Å². The number of benzene rings is 2. The molecule has 0 saturated heterocycles. The highest BCUT2D eigenvalue weighted by molar-refractivity contribution is 5.92. The Labute approximate surface area is 118 Å². The maximum Gasteiger partial charge on any atom is 0.228 e. The molecular formula is C17H17NO2. The minimum atomic E-state index is -0.0629. The average Bonchev–Trinajstić information content (AvgIpc) is 2.44. The lowest BCUT2D eigenvalue weighted by atomic mass is 10.0. The van der Waals surface area contributed by atoms with Crippen LogP contribution in [-0.4, -0.2) is 12.2 Å². The summed E-state index contributed by atoms with van der Waals surface area (Å²) in [6.07, 6.45) is 1.12. The van der Waals surface area contributed by atoms with Gasteiger partial charge in [0, 0.05) is 11.3 Å². The monoisotopic (exact) mass is 267 g/mol. The van der Waals surface area contributed by atoms with Crippen LogP contribution >= 0.6 is 0 Å². The van der Waals surface area contributed by atoms with Gasteiger partial charge >= 0.3 is 0 Å². The highest BCUT2D eigenvalue weighted by Crippen LogP contribution is 2.12. The van der Waals surface area contributed by atoms with Crippen molar-refractivity contribution >= 4 is 17.9 Å². The molecule has 20 heavy (non-hydrogen) atoms. The normalized spacial score (nSPS) is 10.1. The number of anilines is 1. The summed E-state index contributed by atoms with van der Waals surface area (Å²) in [5.74, 6) is -0.0629. The van der Waals surface area contributed by atoms with Crippen molar-refractivity contribution in [3.05, 3.63) is 64.7 Å². The highest BCUT2D eigenvalue weighted by atomic mass is 16.1. The molecule has 0 aliphatic rings. The minimum Gasteiger partial charge on any atom is -0.326 e. The first-order valence-corrected chi connectivity index (χ1v) is 6.50. The van der Waals surface area contributed by atoms with Gasteiger partial charge in [-0.25, -0.2) is 0 Å². The van der Waals surface area contributed by atoms with E-state index in [0.29, 0.717) is 17.7 Å². The van der Waals surface area contributed by atoms with E-state index in [1.165, 1.54) is 11.1 Å². The Morgan fingerprint density at radius 3 is 2.35 bits per heavy atom. The molecule has 102 valence electrons. The van der Waals surface area contributed by atoms with Crippen LogP contribution in [-0.2, 0) is 11.2 Å². The maximum absolute atomic E-state index is 12.0. The largest absolute Gasteiger partial charge is 0.326 e. The van der Waals surface area contributed by atoms with E-state index in [-0.39, 0.29) is 5.91 Å². The molecule has 0 aliphatic heterocycles. The highest BCUT2D eigenvalue weighted by Gasteiger charge is 2.05. The van der Waals surface area contributed by atoms with Crippen molar-refractivity contribution in [1.29, 1.82) is 0 Å². The molecular weight excluding hydrogens is 250 g/mol. The van der Waals surface area contributed by atoms with E-state index in [4.69, 9.17) is 0 Å². The van der Waals surface area contributed by atoms with Gasteiger partial charge in [0.2, 0.25) is 5.91 Å². The molecule has 0 atom stereocenters. The Balaban J connectivity index is 2.00. The Hall–Kier alpha value is -2.42. The van der Waals surface area contributed by atoms with Crippen LogP contribution in [0.1, 0.15) is 27.0 Å². The molecule has 0 aliphatic carbocycles. The summed E-state index contributed by atoms with van der Waals surface area (Å²) in [7, 11) is 0. The molecule has 0 aromatic heterocycles. The van der Waals surface area contributed by atoms with E-state index in [2.05, 4.69) is 5.32 Å². The van der Waals surface area contributed by atoms with Gasteiger partial charge in [-0.2, -0.15) is 0 Å². The van der Waals surface area contributed by atoms with Gasteiger partial charge in [-0.3, -0.25) is 9.59 Å². The lowest BCUT2D eigenvalue weighted by Gasteiger charge is -2.07. The van der Waals surface area contributed by atoms with Crippen molar-refractivity contribution in [3.63, 3.8) is 0 Å². The van der Waals surface area contributed by atoms with Crippen molar-refractivity contribution in [2.45, 2.75) is 20.3 Å². The van der Waals surface area contributed by atoms with Gasteiger partial charge in [0.25, 0.3) is 0 Å². The standard InChI is InChI=1S/C17H17NO2/c1-12-3-4-15(9-13(12)2)10-17(20)18-16-7-5-14(11-19)6-8-16/h3-9,11H,10H2,1-2H3,(H,18,20). The molecule has 2 aromatic carbocycles. The van der Waals surface area contributed by atoms with Gasteiger partial charge in [0.05, 0.1) is 6.42 Å². The van der Waals surface area contributed by atoms with Crippen molar-refractivity contribution < 1.29 is 9.59 Å². The van der Waals surface area contributed by atoms with E-state index < -0.39 is 0 Å². The molecule has 1 N–H and O–H groups in total. The predicted molar refractivity (Wildman–Crippen MR) is 80.1 cm³/mol. The molecule has 0 spiro atoms. The SMILES string of the molecule is Cc1ccc(CC(=O)Nc2ccc(C=O)cc2)cc1C. The van der Waals surface area contributed by atoms with Gasteiger partial charge in [-0.05, 0) is 54.8 Å². The molecule has 0 radical (unpaired) electrons. The fourth-order valence-corrected chi connectivity index (χ4v) is 1.95. The van der Waals surface area contributed by atoms with E-state index in [1.807, 2.05) is 32.0 Å². The average molecular weight is 267 g/mol. The van der Waals surface area contributed by atoms with Gasteiger partial charge < -0.3 is 5.32 Å². The first-order valence-electron chi connectivity index (χ1n) is 6.50. The lowest BCUT2D eigenvalue weighted by Crippen LogP contribution is -2.14. The summed E-state index contributed by atoms with van der Waals surface area (Å²) in [4.78, 5) is 22.5. The second-order valence-electron chi connectivity index (χ2n) is 4.88.